The summed E-state index contributed by atoms with van der Waals surface area (Å²) in [5, 5.41) is 1.49. The second-order valence-electron chi connectivity index (χ2n) is 3.24. The fraction of sp³-hybridized carbons (Fsp3) is 0.0833. The zero-order chi connectivity index (χ0) is 11.4. The van der Waals surface area contributed by atoms with Crippen LogP contribution in [0.4, 0.5) is 0 Å². The van der Waals surface area contributed by atoms with Gasteiger partial charge >= 0.3 is 0 Å². The van der Waals surface area contributed by atoms with Crippen LogP contribution in [0.1, 0.15) is 5.56 Å². The van der Waals surface area contributed by atoms with Crippen LogP contribution in [0.15, 0.2) is 52.5 Å². The molecule has 2 aromatic rings. The van der Waals surface area contributed by atoms with Crippen LogP contribution in [0.5, 0.6) is 0 Å². The topological polar surface area (TPSA) is 38.9 Å². The molecular weight excluding hydrogens is 240 g/mol. The average molecular weight is 251 g/mol. The van der Waals surface area contributed by atoms with Crippen molar-refractivity contribution < 1.29 is 0 Å². The molecule has 0 aliphatic carbocycles. The number of nitrogens with zero attached hydrogens (tertiary/aromatic N) is 1. The SMILES string of the molecule is NCc1cccc(Sc2ncccc2Cl)c1. The molecule has 1 aromatic heterocycles. The fourth-order valence-electron chi connectivity index (χ4n) is 1.29. The summed E-state index contributed by atoms with van der Waals surface area (Å²) in [7, 11) is 0. The molecule has 82 valence electrons. The van der Waals surface area contributed by atoms with Crippen LogP contribution >= 0.6 is 23.4 Å². The van der Waals surface area contributed by atoms with E-state index in [-0.39, 0.29) is 0 Å². The van der Waals surface area contributed by atoms with Crippen molar-refractivity contribution in [3.05, 3.63) is 53.2 Å². The largest absolute Gasteiger partial charge is 0.326 e. The van der Waals surface area contributed by atoms with Gasteiger partial charge in [-0.05, 0) is 29.8 Å². The zero-order valence-electron chi connectivity index (χ0n) is 8.56. The highest BCUT2D eigenvalue weighted by atomic mass is 35.5. The van der Waals surface area contributed by atoms with Crippen LogP contribution in [0.25, 0.3) is 0 Å². The lowest BCUT2D eigenvalue weighted by Crippen LogP contribution is -1.95. The summed E-state index contributed by atoms with van der Waals surface area (Å²) in [5.41, 5.74) is 6.70. The number of hydrogen-bond acceptors (Lipinski definition) is 3. The minimum atomic E-state index is 0.546. The average Bonchev–Trinajstić information content (AvgIpc) is 2.32. The van der Waals surface area contributed by atoms with E-state index < -0.39 is 0 Å². The molecule has 0 atom stereocenters. The molecule has 0 amide bonds. The van der Waals surface area contributed by atoms with Crippen molar-refractivity contribution in [1.82, 2.24) is 4.98 Å². The summed E-state index contributed by atoms with van der Waals surface area (Å²) in [6, 6.07) is 11.7. The van der Waals surface area contributed by atoms with E-state index >= 15 is 0 Å². The van der Waals surface area contributed by atoms with Crippen molar-refractivity contribution in [2.45, 2.75) is 16.5 Å². The van der Waals surface area contributed by atoms with E-state index in [1.807, 2.05) is 30.3 Å². The first kappa shape index (κ1) is 11.5. The monoisotopic (exact) mass is 250 g/mol. The lowest BCUT2D eigenvalue weighted by atomic mass is 10.2. The summed E-state index contributed by atoms with van der Waals surface area (Å²) < 4.78 is 0. The Balaban J connectivity index is 2.24. The quantitative estimate of drug-likeness (QED) is 0.908. The highest BCUT2D eigenvalue weighted by molar-refractivity contribution is 7.99. The van der Waals surface area contributed by atoms with Gasteiger partial charge in [0.2, 0.25) is 0 Å². The summed E-state index contributed by atoms with van der Waals surface area (Å²) >= 11 is 7.58. The van der Waals surface area contributed by atoms with Gasteiger partial charge in [0.1, 0.15) is 5.03 Å². The van der Waals surface area contributed by atoms with Gasteiger partial charge in [-0.25, -0.2) is 4.98 Å². The minimum Gasteiger partial charge on any atom is -0.326 e. The van der Waals surface area contributed by atoms with Crippen LogP contribution < -0.4 is 5.73 Å². The van der Waals surface area contributed by atoms with Crippen LogP contribution in [0, 0.1) is 0 Å². The van der Waals surface area contributed by atoms with Crippen molar-refractivity contribution in [1.29, 1.82) is 0 Å². The second kappa shape index (κ2) is 5.34. The Morgan fingerprint density at radius 3 is 2.88 bits per heavy atom. The van der Waals surface area contributed by atoms with Crippen LogP contribution in [0.2, 0.25) is 5.02 Å². The molecule has 0 radical (unpaired) electrons. The molecule has 1 heterocycles. The maximum absolute atomic E-state index is 6.04. The number of aromatic nitrogens is 1. The van der Waals surface area contributed by atoms with Gasteiger partial charge in [0.05, 0.1) is 5.02 Å². The van der Waals surface area contributed by atoms with E-state index in [0.717, 1.165) is 15.5 Å². The van der Waals surface area contributed by atoms with Gasteiger partial charge in [-0.2, -0.15) is 0 Å². The van der Waals surface area contributed by atoms with E-state index in [2.05, 4.69) is 11.1 Å². The second-order valence-corrected chi connectivity index (χ2v) is 4.71. The van der Waals surface area contributed by atoms with Crippen molar-refractivity contribution in [2.24, 2.45) is 5.73 Å². The number of pyridine rings is 1. The Kier molecular flexibility index (Phi) is 3.83. The smallest absolute Gasteiger partial charge is 0.119 e. The lowest BCUT2D eigenvalue weighted by Gasteiger charge is -2.04. The molecular formula is C12H11ClN2S. The van der Waals surface area contributed by atoms with Crippen LogP contribution in [-0.4, -0.2) is 4.98 Å². The molecule has 1 aromatic carbocycles. The van der Waals surface area contributed by atoms with Crippen molar-refractivity contribution in [3.63, 3.8) is 0 Å². The van der Waals surface area contributed by atoms with Gasteiger partial charge in [-0.1, -0.05) is 35.5 Å². The van der Waals surface area contributed by atoms with E-state index in [1.165, 1.54) is 0 Å². The summed E-state index contributed by atoms with van der Waals surface area (Å²) in [6.07, 6.45) is 1.74. The highest BCUT2D eigenvalue weighted by Crippen LogP contribution is 2.31. The normalized spacial score (nSPS) is 10.4. The third kappa shape index (κ3) is 2.76. The molecule has 2 nitrogen and oxygen atoms in total. The number of halogens is 1. The fourth-order valence-corrected chi connectivity index (χ4v) is 2.39. The molecule has 16 heavy (non-hydrogen) atoms. The van der Waals surface area contributed by atoms with E-state index in [1.54, 1.807) is 18.0 Å². The number of benzene rings is 1. The third-order valence-corrected chi connectivity index (χ3v) is 3.50. The molecule has 0 unspecified atom stereocenters. The highest BCUT2D eigenvalue weighted by Gasteiger charge is 2.03. The third-order valence-electron chi connectivity index (χ3n) is 2.07. The number of hydrogen-bond donors (Lipinski definition) is 1. The molecule has 0 bridgehead atoms. The van der Waals surface area contributed by atoms with Gasteiger partial charge < -0.3 is 5.73 Å². The zero-order valence-corrected chi connectivity index (χ0v) is 10.1. The summed E-state index contributed by atoms with van der Waals surface area (Å²) in [6.45, 7) is 0.546. The standard InChI is InChI=1S/C12H11ClN2S/c13-11-5-2-6-15-12(11)16-10-4-1-3-9(7-10)8-14/h1-7H,8,14H2. The predicted octanol–water partition coefficient (Wildman–Crippen LogP) is 3.34. The maximum atomic E-state index is 6.04. The molecule has 0 aliphatic rings. The maximum Gasteiger partial charge on any atom is 0.119 e. The molecule has 2 N–H and O–H groups in total. The van der Waals surface area contributed by atoms with Crippen LogP contribution in [-0.2, 0) is 6.54 Å². The molecule has 0 saturated heterocycles. The van der Waals surface area contributed by atoms with Gasteiger partial charge in [0.25, 0.3) is 0 Å². The Hall–Kier alpha value is -1.03. The number of rotatable bonds is 3. The Morgan fingerprint density at radius 1 is 1.25 bits per heavy atom. The van der Waals surface area contributed by atoms with Crippen molar-refractivity contribution in [3.8, 4) is 0 Å². The predicted molar refractivity (Wildman–Crippen MR) is 67.7 cm³/mol. The lowest BCUT2D eigenvalue weighted by molar-refractivity contribution is 1.06. The summed E-state index contributed by atoms with van der Waals surface area (Å²) in [4.78, 5) is 5.33. The number of nitrogens with two attached hydrogens (primary N) is 1. The molecule has 0 spiro atoms. The van der Waals surface area contributed by atoms with Gasteiger partial charge in [0.15, 0.2) is 0 Å². The first-order valence-electron chi connectivity index (χ1n) is 4.87. The Bertz CT molecular complexity index is 488. The van der Waals surface area contributed by atoms with E-state index in [4.69, 9.17) is 17.3 Å². The first-order chi connectivity index (χ1) is 7.79. The Labute approximate surface area is 104 Å². The van der Waals surface area contributed by atoms with Crippen molar-refractivity contribution >= 4 is 23.4 Å². The molecule has 0 fully saturated rings. The van der Waals surface area contributed by atoms with Gasteiger partial charge in [-0.3, -0.25) is 0 Å². The van der Waals surface area contributed by atoms with Gasteiger partial charge in [-0.15, -0.1) is 0 Å². The van der Waals surface area contributed by atoms with Gasteiger partial charge in [0, 0.05) is 17.6 Å². The van der Waals surface area contributed by atoms with E-state index in [0.29, 0.717) is 11.6 Å². The summed E-state index contributed by atoms with van der Waals surface area (Å²) in [5.74, 6) is 0. The first-order valence-corrected chi connectivity index (χ1v) is 6.06. The van der Waals surface area contributed by atoms with Crippen LogP contribution in [0.3, 0.4) is 0 Å². The van der Waals surface area contributed by atoms with Crippen molar-refractivity contribution in [2.75, 3.05) is 0 Å². The van der Waals surface area contributed by atoms with E-state index in [9.17, 15) is 0 Å². The Morgan fingerprint density at radius 2 is 2.12 bits per heavy atom. The molecule has 2 rings (SSSR count). The molecule has 4 heteroatoms. The molecule has 0 saturated carbocycles. The molecule has 0 aliphatic heterocycles. The minimum absolute atomic E-state index is 0.546.